The van der Waals surface area contributed by atoms with Crippen LogP contribution in [0.25, 0.3) is 10.9 Å². The van der Waals surface area contributed by atoms with E-state index in [1.165, 1.54) is 4.90 Å². The number of nitrogen functional groups attached to an aromatic ring is 1. The number of nitrogens with one attached hydrogen (secondary N) is 1. The summed E-state index contributed by atoms with van der Waals surface area (Å²) in [6, 6.07) is 15.8. The van der Waals surface area contributed by atoms with Crippen LogP contribution in [0.1, 0.15) is 69.9 Å². The number of nitrogens with two attached hydrogens (primary N) is 2. The van der Waals surface area contributed by atoms with E-state index in [9.17, 15) is 14.4 Å². The number of aryl methyl sites for hydroxylation is 1. The largest absolute Gasteiger partial charge is 0.395 e. The monoisotopic (exact) mass is 542 g/mol. The van der Waals surface area contributed by atoms with Crippen molar-refractivity contribution in [2.75, 3.05) is 10.6 Å². The zero-order chi connectivity index (χ0) is 27.5. The van der Waals surface area contributed by atoms with Crippen LogP contribution in [0.4, 0.5) is 11.4 Å². The second kappa shape index (κ2) is 11.2. The van der Waals surface area contributed by atoms with Crippen LogP contribution < -0.4 is 21.7 Å². The van der Waals surface area contributed by atoms with Gasteiger partial charge in [-0.15, -0.1) is 0 Å². The van der Waals surface area contributed by atoms with Gasteiger partial charge in [-0.1, -0.05) is 44.0 Å². The van der Waals surface area contributed by atoms with Gasteiger partial charge in [-0.2, -0.15) is 4.37 Å². The number of fused-ring (bicyclic) bond motifs is 1. The highest BCUT2D eigenvalue weighted by atomic mass is 32.1. The Kier molecular flexibility index (Phi) is 7.56. The molecule has 0 spiro atoms. The highest BCUT2D eigenvalue weighted by Crippen LogP contribution is 2.34. The molecule has 2 aromatic heterocycles. The fourth-order valence-corrected chi connectivity index (χ4v) is 5.79. The number of amides is 3. The maximum absolute atomic E-state index is 14.2. The SMILES string of the molecule is CCc1ccc(N(C(=O)c2snc(C(N)=O)c2N)C(C(=O)NC2CCCC2)c2ccc3ncccc3c2)cc1. The lowest BCUT2D eigenvalue weighted by Gasteiger charge is -2.32. The molecular formula is C29H30N6O3S. The van der Waals surface area contributed by atoms with Crippen LogP contribution >= 0.6 is 11.5 Å². The molecule has 3 amide bonds. The van der Waals surface area contributed by atoms with Crippen molar-refractivity contribution < 1.29 is 14.4 Å². The molecule has 10 heteroatoms. The molecule has 1 saturated carbocycles. The lowest BCUT2D eigenvalue weighted by Crippen LogP contribution is -2.46. The highest BCUT2D eigenvalue weighted by Gasteiger charge is 2.37. The number of nitrogens with zero attached hydrogens (tertiary/aromatic N) is 3. The second-order valence-electron chi connectivity index (χ2n) is 9.68. The molecule has 9 nitrogen and oxygen atoms in total. The van der Waals surface area contributed by atoms with Crippen molar-refractivity contribution >= 4 is 51.5 Å². The molecule has 200 valence electrons. The summed E-state index contributed by atoms with van der Waals surface area (Å²) < 4.78 is 4.03. The quantitative estimate of drug-likeness (QED) is 0.301. The Labute approximate surface area is 230 Å². The molecule has 0 saturated heterocycles. The van der Waals surface area contributed by atoms with Crippen molar-refractivity contribution in [2.24, 2.45) is 5.73 Å². The van der Waals surface area contributed by atoms with Crippen LogP contribution in [0.2, 0.25) is 0 Å². The molecule has 0 aliphatic heterocycles. The molecule has 0 radical (unpaired) electrons. The van der Waals surface area contributed by atoms with Crippen molar-refractivity contribution in [3.05, 3.63) is 82.5 Å². The summed E-state index contributed by atoms with van der Waals surface area (Å²) in [5.41, 5.74) is 14.4. The second-order valence-corrected chi connectivity index (χ2v) is 10.5. The van der Waals surface area contributed by atoms with Gasteiger partial charge in [0.2, 0.25) is 5.91 Å². The van der Waals surface area contributed by atoms with Crippen LogP contribution in [-0.2, 0) is 11.2 Å². The van der Waals surface area contributed by atoms with E-state index < -0.39 is 17.9 Å². The maximum Gasteiger partial charge on any atom is 0.273 e. The van der Waals surface area contributed by atoms with Crippen LogP contribution in [0, 0.1) is 0 Å². The molecule has 1 aliphatic carbocycles. The summed E-state index contributed by atoms with van der Waals surface area (Å²) >= 11 is 0.794. The topological polar surface area (TPSA) is 144 Å². The standard InChI is InChI=1S/C29H30N6O3S/c1-2-17-9-12-21(13-10-17)35(29(38)26-23(30)24(27(31)36)34-39-26)25(28(37)33-20-7-3-4-8-20)19-11-14-22-18(16-19)6-5-15-32-22/h5-6,9-16,20,25H,2-4,7-8,30H2,1H3,(H2,31,36)(H,33,37). The predicted molar refractivity (Wildman–Crippen MR) is 153 cm³/mol. The molecule has 1 unspecified atom stereocenters. The first-order valence-corrected chi connectivity index (χ1v) is 13.8. The van der Waals surface area contributed by atoms with Gasteiger partial charge in [0.1, 0.15) is 10.9 Å². The van der Waals surface area contributed by atoms with Crippen molar-refractivity contribution in [3.8, 4) is 0 Å². The summed E-state index contributed by atoms with van der Waals surface area (Å²) in [5.74, 6) is -1.66. The highest BCUT2D eigenvalue weighted by molar-refractivity contribution is 7.09. The number of hydrogen-bond acceptors (Lipinski definition) is 7. The molecular weight excluding hydrogens is 512 g/mol. The zero-order valence-corrected chi connectivity index (χ0v) is 22.4. The first-order valence-electron chi connectivity index (χ1n) is 13.0. The number of pyridine rings is 1. The Balaban J connectivity index is 1.67. The van der Waals surface area contributed by atoms with E-state index in [1.807, 2.05) is 61.5 Å². The maximum atomic E-state index is 14.2. The first-order chi connectivity index (χ1) is 18.9. The van der Waals surface area contributed by atoms with Crippen molar-refractivity contribution in [2.45, 2.75) is 51.1 Å². The average Bonchev–Trinajstić information content (AvgIpc) is 3.60. The van der Waals surface area contributed by atoms with Gasteiger partial charge in [-0.05, 0) is 72.3 Å². The minimum Gasteiger partial charge on any atom is -0.395 e. The summed E-state index contributed by atoms with van der Waals surface area (Å²) in [7, 11) is 0. The Morgan fingerprint density at radius 2 is 1.85 bits per heavy atom. The number of aromatic nitrogens is 2. The van der Waals surface area contributed by atoms with Crippen molar-refractivity contribution in [3.63, 3.8) is 0 Å². The Hall–Kier alpha value is -4.31. The molecule has 5 rings (SSSR count). The van der Waals surface area contributed by atoms with Gasteiger partial charge < -0.3 is 16.8 Å². The third-order valence-corrected chi connectivity index (χ3v) is 8.00. The third kappa shape index (κ3) is 5.33. The summed E-state index contributed by atoms with van der Waals surface area (Å²) in [6.07, 6.45) is 6.41. The van der Waals surface area contributed by atoms with E-state index in [-0.39, 0.29) is 28.2 Å². The minimum absolute atomic E-state index is 0.0384. The summed E-state index contributed by atoms with van der Waals surface area (Å²) in [4.78, 5) is 46.0. The number of primary amides is 1. The molecule has 1 fully saturated rings. The molecule has 2 aromatic carbocycles. The molecule has 2 heterocycles. The fourth-order valence-electron chi connectivity index (χ4n) is 5.05. The average molecular weight is 543 g/mol. The Morgan fingerprint density at radius 3 is 2.51 bits per heavy atom. The van der Waals surface area contributed by atoms with E-state index in [0.29, 0.717) is 11.3 Å². The number of anilines is 2. The van der Waals surface area contributed by atoms with E-state index >= 15 is 0 Å². The van der Waals surface area contributed by atoms with Crippen LogP contribution in [0.5, 0.6) is 0 Å². The van der Waals surface area contributed by atoms with Gasteiger partial charge >= 0.3 is 0 Å². The number of carbonyl (C=O) groups is 3. The van der Waals surface area contributed by atoms with Gasteiger partial charge in [0.25, 0.3) is 11.8 Å². The lowest BCUT2D eigenvalue weighted by atomic mass is 9.99. The van der Waals surface area contributed by atoms with Gasteiger partial charge in [-0.25, -0.2) is 0 Å². The normalized spacial score (nSPS) is 14.3. The molecule has 39 heavy (non-hydrogen) atoms. The minimum atomic E-state index is -1.02. The lowest BCUT2D eigenvalue weighted by molar-refractivity contribution is -0.123. The van der Waals surface area contributed by atoms with Crippen LogP contribution in [0.15, 0.2) is 60.8 Å². The number of hydrogen-bond donors (Lipinski definition) is 3. The fraction of sp³-hybridized carbons (Fsp3) is 0.276. The first kappa shape index (κ1) is 26.3. The molecule has 0 bridgehead atoms. The van der Waals surface area contributed by atoms with E-state index in [2.05, 4.69) is 14.7 Å². The summed E-state index contributed by atoms with van der Waals surface area (Å²) in [5, 5.41) is 4.02. The van der Waals surface area contributed by atoms with Crippen molar-refractivity contribution in [1.82, 2.24) is 14.7 Å². The number of rotatable bonds is 8. The Bertz CT molecular complexity index is 1530. The molecule has 5 N–H and O–H groups in total. The molecule has 1 aliphatic rings. The third-order valence-electron chi connectivity index (χ3n) is 7.15. The smallest absolute Gasteiger partial charge is 0.273 e. The predicted octanol–water partition coefficient (Wildman–Crippen LogP) is 4.38. The van der Waals surface area contributed by atoms with E-state index in [0.717, 1.165) is 60.1 Å². The van der Waals surface area contributed by atoms with E-state index in [4.69, 9.17) is 11.5 Å². The van der Waals surface area contributed by atoms with Gasteiger partial charge in [0, 0.05) is 23.3 Å². The Morgan fingerprint density at radius 1 is 1.10 bits per heavy atom. The molecule has 1 atom stereocenters. The number of carbonyl (C=O) groups excluding carboxylic acids is 3. The van der Waals surface area contributed by atoms with Gasteiger partial charge in [0.05, 0.1) is 11.2 Å². The van der Waals surface area contributed by atoms with Crippen molar-refractivity contribution in [1.29, 1.82) is 0 Å². The molecule has 4 aromatic rings. The van der Waals surface area contributed by atoms with Crippen LogP contribution in [-0.4, -0.2) is 33.1 Å². The zero-order valence-electron chi connectivity index (χ0n) is 21.6. The summed E-state index contributed by atoms with van der Waals surface area (Å²) in [6.45, 7) is 2.04. The van der Waals surface area contributed by atoms with Gasteiger partial charge in [-0.3, -0.25) is 24.3 Å². The van der Waals surface area contributed by atoms with E-state index in [1.54, 1.807) is 6.20 Å². The van der Waals surface area contributed by atoms with Gasteiger partial charge in [0.15, 0.2) is 5.69 Å². The number of benzene rings is 2. The van der Waals surface area contributed by atoms with Crippen LogP contribution in [0.3, 0.4) is 0 Å².